The molecule has 5 fully saturated rings. The molecule has 4 saturated carbocycles. The van der Waals surface area contributed by atoms with Crippen LogP contribution in [-0.2, 0) is 29.1 Å². The Morgan fingerprint density at radius 3 is 2.55 bits per heavy atom. The number of alkyl carbamates (subject to hydrolysis) is 1. The lowest BCUT2D eigenvalue weighted by Gasteiger charge is -2.33. The highest BCUT2D eigenvalue weighted by molar-refractivity contribution is 7.91. The summed E-state index contributed by atoms with van der Waals surface area (Å²) in [5.41, 5.74) is -1.50. The van der Waals surface area contributed by atoms with Gasteiger partial charge in [-0.3, -0.25) is 19.1 Å². The van der Waals surface area contributed by atoms with Crippen molar-refractivity contribution in [2.75, 3.05) is 13.2 Å². The zero-order chi connectivity index (χ0) is 39.4. The molecule has 0 radical (unpaired) electrons. The predicted octanol–water partition coefficient (Wildman–Crippen LogP) is 4.37. The summed E-state index contributed by atoms with van der Waals surface area (Å²) in [5.74, 6) is -0.146. The van der Waals surface area contributed by atoms with Crippen LogP contribution < -0.4 is 24.8 Å². The fraction of sp³-hybridized carbons (Fsp3) is 0.634. The topological polar surface area (TPSA) is 182 Å². The molecule has 4 aliphatic carbocycles. The number of carbonyl (C=O) groups excluding carboxylic acids is 4. The van der Waals surface area contributed by atoms with E-state index in [1.54, 1.807) is 6.20 Å². The quantitative estimate of drug-likeness (QED) is 0.309. The zero-order valence-corrected chi connectivity index (χ0v) is 33.1. The lowest BCUT2D eigenvalue weighted by molar-refractivity contribution is -0.142. The number of pyridine rings is 1. The van der Waals surface area contributed by atoms with Gasteiger partial charge in [0.15, 0.2) is 0 Å². The third kappa shape index (κ3) is 8.05. The molecule has 1 aromatic heterocycles. The molecule has 1 unspecified atom stereocenters. The Bertz CT molecular complexity index is 2010. The Morgan fingerprint density at radius 2 is 1.80 bits per heavy atom. The van der Waals surface area contributed by atoms with Gasteiger partial charge in [0.1, 0.15) is 35.6 Å². The van der Waals surface area contributed by atoms with Crippen molar-refractivity contribution >= 4 is 44.6 Å². The molecule has 302 valence electrons. The summed E-state index contributed by atoms with van der Waals surface area (Å²) in [6.07, 6.45) is 10.2. The second-order valence-corrected chi connectivity index (χ2v) is 19.0. The maximum absolute atomic E-state index is 14.9. The minimum Gasteiger partial charge on any atom is -0.494 e. The Labute approximate surface area is 327 Å². The van der Waals surface area contributed by atoms with Crippen LogP contribution in [0.15, 0.2) is 42.6 Å². The number of rotatable bonds is 9. The number of nitrogens with zero attached hydrogens (tertiary/aromatic N) is 2. The first kappa shape index (κ1) is 38.5. The summed E-state index contributed by atoms with van der Waals surface area (Å²) >= 11 is 0. The number of hydrogen-bond acceptors (Lipinski definition) is 10. The van der Waals surface area contributed by atoms with Crippen LogP contribution in [0.4, 0.5) is 4.79 Å². The summed E-state index contributed by atoms with van der Waals surface area (Å²) in [5, 5.41) is 6.77. The molecule has 10 atom stereocenters. The second-order valence-electron chi connectivity index (χ2n) is 17.1. The lowest BCUT2D eigenvalue weighted by atomic mass is 9.88. The van der Waals surface area contributed by atoms with Crippen LogP contribution in [0.25, 0.3) is 10.8 Å². The van der Waals surface area contributed by atoms with Crippen molar-refractivity contribution in [2.45, 2.75) is 120 Å². The van der Waals surface area contributed by atoms with Crippen molar-refractivity contribution in [3.8, 4) is 11.6 Å². The predicted molar refractivity (Wildman–Crippen MR) is 206 cm³/mol. The molecule has 6 aliphatic rings. The highest BCUT2D eigenvalue weighted by Crippen LogP contribution is 2.52. The number of aromatic nitrogens is 1. The normalized spacial score (nSPS) is 34.8. The molecule has 4 amide bonds. The Morgan fingerprint density at radius 1 is 1.02 bits per heavy atom. The largest absolute Gasteiger partial charge is 0.494 e. The van der Waals surface area contributed by atoms with Gasteiger partial charge in [-0.25, -0.2) is 18.2 Å². The number of fused-ring (bicyclic) bond motifs is 4. The minimum absolute atomic E-state index is 0.00604. The number of sulfonamides is 1. The van der Waals surface area contributed by atoms with Gasteiger partial charge in [-0.05, 0) is 118 Å². The number of ether oxygens (including phenoxy) is 3. The average molecular weight is 792 g/mol. The van der Waals surface area contributed by atoms with E-state index >= 15 is 0 Å². The van der Waals surface area contributed by atoms with E-state index in [1.807, 2.05) is 50.3 Å². The van der Waals surface area contributed by atoms with Crippen LogP contribution in [0, 0.1) is 29.6 Å². The molecular formula is C41H53N5O9S. The summed E-state index contributed by atoms with van der Waals surface area (Å²) in [6.45, 7) is 6.46. The van der Waals surface area contributed by atoms with E-state index in [1.165, 1.54) is 11.3 Å². The van der Waals surface area contributed by atoms with E-state index in [9.17, 15) is 27.6 Å². The van der Waals surface area contributed by atoms with Crippen molar-refractivity contribution in [1.82, 2.24) is 25.2 Å². The highest BCUT2D eigenvalue weighted by atomic mass is 32.2. The average Bonchev–Trinajstić information content (AvgIpc) is 4.11. The van der Waals surface area contributed by atoms with Gasteiger partial charge in [-0.15, -0.1) is 0 Å². The minimum atomic E-state index is -3.89. The smallest absolute Gasteiger partial charge is 0.408 e. The molecule has 0 spiro atoms. The lowest BCUT2D eigenvalue weighted by Crippen LogP contribution is -2.59. The molecule has 2 aromatic rings. The zero-order valence-electron chi connectivity index (χ0n) is 32.3. The molecule has 14 nitrogen and oxygen atoms in total. The van der Waals surface area contributed by atoms with Crippen LogP contribution in [-0.4, -0.2) is 90.3 Å². The van der Waals surface area contributed by atoms with Crippen molar-refractivity contribution in [2.24, 2.45) is 29.6 Å². The van der Waals surface area contributed by atoms with Gasteiger partial charge in [-0.1, -0.05) is 26.0 Å². The van der Waals surface area contributed by atoms with Crippen molar-refractivity contribution in [1.29, 1.82) is 0 Å². The molecule has 0 bridgehead atoms. The number of allylic oxidation sites excluding steroid dienone is 1. The van der Waals surface area contributed by atoms with Crippen molar-refractivity contribution in [3.05, 3.63) is 42.6 Å². The molecule has 2 aliphatic heterocycles. The second kappa shape index (κ2) is 15.2. The Kier molecular flexibility index (Phi) is 10.4. The van der Waals surface area contributed by atoms with Gasteiger partial charge in [0.05, 0.1) is 18.4 Å². The molecule has 3 heterocycles. The van der Waals surface area contributed by atoms with Gasteiger partial charge in [0.25, 0.3) is 5.91 Å². The first-order valence-electron chi connectivity index (χ1n) is 20.3. The van der Waals surface area contributed by atoms with Gasteiger partial charge < -0.3 is 29.7 Å². The molecule has 1 saturated heterocycles. The molecule has 8 rings (SSSR count). The fourth-order valence-corrected chi connectivity index (χ4v) is 10.6. The number of nitrogens with one attached hydrogen (secondary N) is 3. The van der Waals surface area contributed by atoms with Crippen LogP contribution in [0.2, 0.25) is 0 Å². The number of benzene rings is 1. The summed E-state index contributed by atoms with van der Waals surface area (Å²) < 4.78 is 46.1. The van der Waals surface area contributed by atoms with E-state index < -0.39 is 68.7 Å². The number of hydrogen-bond donors (Lipinski definition) is 3. The molecule has 15 heteroatoms. The standard InChI is InChI=1S/C41H53N5O9S/c1-4-53-29-9-12-33-25(17-29)13-14-42-37(33)54-31-20-34-36(47)44-41(39(49)45-56(51,52)32-10-11-32)21-28(41)8-6-5-7-23(2)15-24(3)35(38(48)46(34)22-31)43-40(50)55-30-18-26-16-27(26)19-30/h6,8-9,12-14,17,23-24,26-28,30-32,34-35H,4-5,7,10-11,15-16,18-22H2,1-3H3,(H,43,50)(H,44,47)(H,45,49)/b8-6-/t23-,24+,26-,27+,28+,30?,31+,34-,35-,41+/m0/s1. The molecule has 3 N–H and O–H groups in total. The van der Waals surface area contributed by atoms with Gasteiger partial charge >= 0.3 is 6.09 Å². The fourth-order valence-electron chi connectivity index (χ4n) is 9.20. The van der Waals surface area contributed by atoms with E-state index in [4.69, 9.17) is 14.2 Å². The number of amides is 4. The summed E-state index contributed by atoms with van der Waals surface area (Å²) in [7, 11) is -3.89. The van der Waals surface area contributed by atoms with E-state index in [0.29, 0.717) is 55.8 Å². The summed E-state index contributed by atoms with van der Waals surface area (Å²) in [4.78, 5) is 62.6. The maximum Gasteiger partial charge on any atom is 0.408 e. The highest BCUT2D eigenvalue weighted by Gasteiger charge is 2.62. The van der Waals surface area contributed by atoms with Gasteiger partial charge in [0.2, 0.25) is 27.7 Å². The van der Waals surface area contributed by atoms with Gasteiger partial charge in [0, 0.05) is 23.9 Å². The van der Waals surface area contributed by atoms with Crippen LogP contribution in [0.1, 0.15) is 85.0 Å². The van der Waals surface area contributed by atoms with Crippen molar-refractivity contribution < 1.29 is 41.8 Å². The van der Waals surface area contributed by atoms with E-state index in [0.717, 1.165) is 30.0 Å². The third-order valence-corrected chi connectivity index (χ3v) is 14.5. The van der Waals surface area contributed by atoms with Crippen LogP contribution in [0.5, 0.6) is 11.6 Å². The summed E-state index contributed by atoms with van der Waals surface area (Å²) in [6, 6.07) is 5.33. The van der Waals surface area contributed by atoms with Gasteiger partial charge in [-0.2, -0.15) is 0 Å². The molecule has 1 aromatic carbocycles. The van der Waals surface area contributed by atoms with Crippen molar-refractivity contribution in [3.63, 3.8) is 0 Å². The van der Waals surface area contributed by atoms with Crippen LogP contribution in [0.3, 0.4) is 0 Å². The van der Waals surface area contributed by atoms with E-state index in [2.05, 4.69) is 27.3 Å². The van der Waals surface area contributed by atoms with Crippen LogP contribution >= 0.6 is 0 Å². The Hall–Kier alpha value is -4.40. The first-order chi connectivity index (χ1) is 26.8. The molecular weight excluding hydrogens is 739 g/mol. The van der Waals surface area contributed by atoms with E-state index in [-0.39, 0.29) is 37.3 Å². The SMILES string of the molecule is CCOc1ccc2c(O[C@@H]3C[C@H]4C(=O)N[C@]5(C(=O)NS(=O)(=O)C6CC6)C[C@H]5/C=C\CC[C@H](C)C[C@@H](C)[C@H](NC(=O)OC5C[C@@H]6C[C@@H]6C5)C(=O)N4C3)nccc2c1. The first-order valence-corrected chi connectivity index (χ1v) is 21.9. The Balaban J connectivity index is 1.09. The number of carbonyl (C=O) groups is 4. The third-order valence-electron chi connectivity index (χ3n) is 12.7. The maximum atomic E-state index is 14.9. The monoisotopic (exact) mass is 791 g/mol. The molecule has 56 heavy (non-hydrogen) atoms.